The predicted molar refractivity (Wildman–Crippen MR) is 72.8 cm³/mol. The summed E-state index contributed by atoms with van der Waals surface area (Å²) in [6.45, 7) is 1.61. The molecule has 1 aromatic heterocycles. The van der Waals surface area contributed by atoms with Gasteiger partial charge in [0.25, 0.3) is 5.56 Å². The van der Waals surface area contributed by atoms with E-state index in [1.807, 2.05) is 0 Å². The molecule has 0 aliphatic carbocycles. The summed E-state index contributed by atoms with van der Waals surface area (Å²) in [5.74, 6) is -0.478. The molecule has 94 valence electrons. The van der Waals surface area contributed by atoms with Gasteiger partial charge in [0.05, 0.1) is 5.69 Å². The average molecular weight is 378 g/mol. The molecular weight excluding hydrogens is 371 g/mol. The van der Waals surface area contributed by atoms with E-state index in [9.17, 15) is 14.0 Å². The van der Waals surface area contributed by atoms with Crippen LogP contribution in [0.5, 0.6) is 0 Å². The van der Waals surface area contributed by atoms with Gasteiger partial charge in [0.2, 0.25) is 0 Å². The molecule has 1 heterocycles. The van der Waals surface area contributed by atoms with Gasteiger partial charge in [-0.1, -0.05) is 0 Å². The van der Waals surface area contributed by atoms with Crippen molar-refractivity contribution >= 4 is 31.9 Å². The van der Waals surface area contributed by atoms with Crippen molar-refractivity contribution in [3.05, 3.63) is 59.5 Å². The molecule has 1 aromatic carbocycles. The Morgan fingerprint density at radius 3 is 2.22 bits per heavy atom. The lowest BCUT2D eigenvalue weighted by Crippen LogP contribution is -2.34. The Labute approximate surface area is 118 Å². The van der Waals surface area contributed by atoms with Crippen molar-refractivity contribution in [1.29, 1.82) is 0 Å². The number of aromatic nitrogens is 2. The van der Waals surface area contributed by atoms with Crippen LogP contribution >= 0.6 is 31.9 Å². The highest BCUT2D eigenvalue weighted by Gasteiger charge is 2.14. The first-order valence-electron chi connectivity index (χ1n) is 4.88. The monoisotopic (exact) mass is 376 g/mol. The number of nitrogens with zero attached hydrogens (tertiary/aromatic N) is 1. The molecule has 0 atom stereocenters. The van der Waals surface area contributed by atoms with Crippen LogP contribution in [0.2, 0.25) is 0 Å². The third-order valence-corrected chi connectivity index (χ3v) is 3.48. The standard InChI is InChI=1S/C11H7Br2FN2O2/c1-5-2-9(17)16(11(18)15-5)10-7(12)3-6(14)4-8(10)13/h2-4H,1H3,(H,15,18). The number of H-pyrrole nitrogens is 1. The fraction of sp³-hybridized carbons (Fsp3) is 0.0909. The molecule has 0 amide bonds. The first-order valence-corrected chi connectivity index (χ1v) is 6.46. The van der Waals surface area contributed by atoms with Gasteiger partial charge in [-0.05, 0) is 50.9 Å². The Morgan fingerprint density at radius 2 is 1.72 bits per heavy atom. The number of aryl methyl sites for hydroxylation is 1. The molecule has 7 heteroatoms. The van der Waals surface area contributed by atoms with Gasteiger partial charge in [-0.25, -0.2) is 13.8 Å². The van der Waals surface area contributed by atoms with Gasteiger partial charge >= 0.3 is 5.69 Å². The number of rotatable bonds is 1. The molecule has 0 aliphatic heterocycles. The highest BCUT2D eigenvalue weighted by atomic mass is 79.9. The largest absolute Gasteiger partial charge is 0.333 e. The van der Waals surface area contributed by atoms with E-state index in [0.29, 0.717) is 14.6 Å². The number of hydrogen-bond acceptors (Lipinski definition) is 2. The summed E-state index contributed by atoms with van der Waals surface area (Å²) >= 11 is 6.28. The van der Waals surface area contributed by atoms with Crippen molar-refractivity contribution in [2.24, 2.45) is 0 Å². The number of nitrogens with one attached hydrogen (secondary N) is 1. The van der Waals surface area contributed by atoms with Gasteiger partial charge in [0.15, 0.2) is 0 Å². The van der Waals surface area contributed by atoms with Crippen LogP contribution in [-0.4, -0.2) is 9.55 Å². The molecule has 0 aliphatic rings. The fourth-order valence-electron chi connectivity index (χ4n) is 1.57. The molecule has 0 bridgehead atoms. The Morgan fingerprint density at radius 1 is 1.17 bits per heavy atom. The minimum atomic E-state index is -0.576. The zero-order chi connectivity index (χ0) is 13.4. The van der Waals surface area contributed by atoms with Crippen LogP contribution in [-0.2, 0) is 0 Å². The molecule has 0 radical (unpaired) electrons. The van der Waals surface area contributed by atoms with Crippen LogP contribution in [0.1, 0.15) is 5.69 Å². The number of aromatic amines is 1. The molecule has 2 aromatic rings. The lowest BCUT2D eigenvalue weighted by molar-refractivity contribution is 0.625. The Balaban J connectivity index is 2.87. The predicted octanol–water partition coefficient (Wildman–Crippen LogP) is 2.50. The molecule has 0 saturated carbocycles. The van der Waals surface area contributed by atoms with Gasteiger partial charge < -0.3 is 4.98 Å². The van der Waals surface area contributed by atoms with Gasteiger partial charge in [-0.2, -0.15) is 0 Å². The molecule has 0 saturated heterocycles. The van der Waals surface area contributed by atoms with Crippen LogP contribution in [0.25, 0.3) is 5.69 Å². The molecule has 18 heavy (non-hydrogen) atoms. The maximum atomic E-state index is 13.2. The Bertz CT molecular complexity index is 682. The summed E-state index contributed by atoms with van der Waals surface area (Å²) in [7, 11) is 0. The second-order valence-electron chi connectivity index (χ2n) is 3.65. The quantitative estimate of drug-likeness (QED) is 0.830. The first kappa shape index (κ1) is 13.2. The van der Waals surface area contributed by atoms with Crippen LogP contribution < -0.4 is 11.2 Å². The summed E-state index contributed by atoms with van der Waals surface area (Å²) in [5.41, 5.74) is -0.324. The lowest BCUT2D eigenvalue weighted by atomic mass is 10.3. The van der Waals surface area contributed by atoms with Gasteiger partial charge in [-0.3, -0.25) is 4.79 Å². The molecule has 1 N–H and O–H groups in total. The highest BCUT2D eigenvalue weighted by molar-refractivity contribution is 9.11. The van der Waals surface area contributed by atoms with E-state index in [-0.39, 0.29) is 5.69 Å². The van der Waals surface area contributed by atoms with Crippen molar-refractivity contribution in [3.8, 4) is 5.69 Å². The summed E-state index contributed by atoms with van der Waals surface area (Å²) in [6, 6.07) is 3.67. The number of halogens is 3. The first-order chi connectivity index (χ1) is 8.40. The summed E-state index contributed by atoms with van der Waals surface area (Å²) in [5, 5.41) is 0. The molecule has 0 spiro atoms. The zero-order valence-corrected chi connectivity index (χ0v) is 12.3. The van der Waals surface area contributed by atoms with Crippen molar-refractivity contribution in [3.63, 3.8) is 0 Å². The van der Waals surface area contributed by atoms with Crippen molar-refractivity contribution in [2.75, 3.05) is 0 Å². The van der Waals surface area contributed by atoms with E-state index < -0.39 is 17.1 Å². The second-order valence-corrected chi connectivity index (χ2v) is 5.36. The molecular formula is C11H7Br2FN2O2. The van der Waals surface area contributed by atoms with Gasteiger partial charge in [-0.15, -0.1) is 0 Å². The highest BCUT2D eigenvalue weighted by Crippen LogP contribution is 2.28. The third-order valence-electron chi connectivity index (χ3n) is 2.27. The van der Waals surface area contributed by atoms with E-state index in [1.54, 1.807) is 6.92 Å². The number of hydrogen-bond donors (Lipinski definition) is 1. The Kier molecular flexibility index (Phi) is 3.54. The smallest absolute Gasteiger partial charge is 0.311 e. The van der Waals surface area contributed by atoms with E-state index in [4.69, 9.17) is 0 Å². The van der Waals surface area contributed by atoms with E-state index in [1.165, 1.54) is 18.2 Å². The molecule has 4 nitrogen and oxygen atoms in total. The van der Waals surface area contributed by atoms with Gasteiger partial charge in [0, 0.05) is 20.7 Å². The molecule has 2 rings (SSSR count). The van der Waals surface area contributed by atoms with Crippen LogP contribution in [0.15, 0.2) is 36.7 Å². The maximum Gasteiger partial charge on any atom is 0.333 e. The van der Waals surface area contributed by atoms with Crippen molar-refractivity contribution < 1.29 is 4.39 Å². The normalized spacial score (nSPS) is 10.7. The van der Waals surface area contributed by atoms with Crippen molar-refractivity contribution in [1.82, 2.24) is 9.55 Å². The van der Waals surface area contributed by atoms with Crippen LogP contribution in [0.4, 0.5) is 4.39 Å². The topological polar surface area (TPSA) is 54.9 Å². The summed E-state index contributed by atoms with van der Waals surface area (Å²) in [6.07, 6.45) is 0. The molecule has 0 fully saturated rings. The molecule has 0 unspecified atom stereocenters. The zero-order valence-electron chi connectivity index (χ0n) is 9.13. The third kappa shape index (κ3) is 2.32. The number of benzene rings is 1. The van der Waals surface area contributed by atoms with Crippen molar-refractivity contribution in [2.45, 2.75) is 6.92 Å². The maximum absolute atomic E-state index is 13.2. The minimum Gasteiger partial charge on any atom is -0.311 e. The summed E-state index contributed by atoms with van der Waals surface area (Å²) in [4.78, 5) is 26.2. The van der Waals surface area contributed by atoms with E-state index in [2.05, 4.69) is 36.8 Å². The van der Waals surface area contributed by atoms with E-state index in [0.717, 1.165) is 4.57 Å². The average Bonchev–Trinajstić information content (AvgIpc) is 2.20. The minimum absolute atomic E-state index is 0.266. The van der Waals surface area contributed by atoms with Crippen LogP contribution in [0, 0.1) is 12.7 Å². The van der Waals surface area contributed by atoms with Gasteiger partial charge in [0.1, 0.15) is 5.82 Å². The van der Waals surface area contributed by atoms with E-state index >= 15 is 0 Å². The Hall–Kier alpha value is -1.21. The second kappa shape index (κ2) is 4.81. The van der Waals surface area contributed by atoms with Crippen LogP contribution in [0.3, 0.4) is 0 Å². The lowest BCUT2D eigenvalue weighted by Gasteiger charge is -2.09. The fourth-order valence-corrected chi connectivity index (χ4v) is 3.06. The SMILES string of the molecule is Cc1cc(=O)n(-c2c(Br)cc(F)cc2Br)c(=O)[nH]1. The summed E-state index contributed by atoms with van der Waals surface area (Å²) < 4.78 is 14.7.